The van der Waals surface area contributed by atoms with Crippen LogP contribution in [0.15, 0.2) is 42.5 Å². The van der Waals surface area contributed by atoms with Crippen molar-refractivity contribution in [2.45, 2.75) is 6.54 Å². The molecule has 0 heterocycles. The molecule has 0 radical (unpaired) electrons. The molecule has 1 amide bonds. The molecular weight excluding hydrogens is 322 g/mol. The monoisotopic (exact) mass is 343 g/mol. The van der Waals surface area contributed by atoms with E-state index in [9.17, 15) is 14.9 Å². The van der Waals surface area contributed by atoms with E-state index in [1.165, 1.54) is 30.2 Å². The molecule has 0 aliphatic carbocycles. The lowest BCUT2D eigenvalue weighted by Crippen LogP contribution is -2.26. The highest BCUT2D eigenvalue weighted by Gasteiger charge is 2.20. The minimum atomic E-state index is -0.532. The Labute approximate surface area is 146 Å². The highest BCUT2D eigenvalue weighted by Crippen LogP contribution is 2.25. The number of hydrogen-bond acceptors (Lipinski definition) is 5. The van der Waals surface area contributed by atoms with Crippen molar-refractivity contribution in [2.75, 3.05) is 33.2 Å². The SMILES string of the molecule is COc1ccc([N+](=O)[O-])cc1C(=O)N(C)Cc1ccc(N(C)C)cc1. The third-order valence-electron chi connectivity index (χ3n) is 3.84. The van der Waals surface area contributed by atoms with Gasteiger partial charge in [0.05, 0.1) is 17.6 Å². The van der Waals surface area contributed by atoms with Gasteiger partial charge in [-0.25, -0.2) is 0 Å². The Morgan fingerprint density at radius 1 is 1.12 bits per heavy atom. The van der Waals surface area contributed by atoms with Gasteiger partial charge in [-0.05, 0) is 23.8 Å². The largest absolute Gasteiger partial charge is 0.496 e. The highest BCUT2D eigenvalue weighted by atomic mass is 16.6. The first kappa shape index (κ1) is 18.3. The number of nitro benzene ring substituents is 1. The smallest absolute Gasteiger partial charge is 0.270 e. The predicted molar refractivity (Wildman–Crippen MR) is 96.2 cm³/mol. The van der Waals surface area contributed by atoms with Gasteiger partial charge in [0.1, 0.15) is 5.75 Å². The Bertz CT molecular complexity index is 772. The lowest BCUT2D eigenvalue weighted by Gasteiger charge is -2.19. The molecule has 2 aromatic rings. The number of ether oxygens (including phenoxy) is 1. The van der Waals surface area contributed by atoms with E-state index in [-0.39, 0.29) is 17.2 Å². The fraction of sp³-hybridized carbons (Fsp3) is 0.278. The van der Waals surface area contributed by atoms with Crippen LogP contribution in [-0.2, 0) is 6.54 Å². The zero-order valence-corrected chi connectivity index (χ0v) is 14.7. The van der Waals surface area contributed by atoms with Gasteiger partial charge in [0.25, 0.3) is 11.6 Å². The normalized spacial score (nSPS) is 10.2. The van der Waals surface area contributed by atoms with Gasteiger partial charge in [0.15, 0.2) is 0 Å². The first-order valence-electron chi connectivity index (χ1n) is 7.67. The van der Waals surface area contributed by atoms with Gasteiger partial charge < -0.3 is 14.5 Å². The number of anilines is 1. The van der Waals surface area contributed by atoms with Crippen molar-refractivity contribution >= 4 is 17.3 Å². The summed E-state index contributed by atoms with van der Waals surface area (Å²) < 4.78 is 5.17. The van der Waals surface area contributed by atoms with Gasteiger partial charge >= 0.3 is 0 Å². The molecule has 7 nitrogen and oxygen atoms in total. The number of methoxy groups -OCH3 is 1. The third-order valence-corrected chi connectivity index (χ3v) is 3.84. The Hall–Kier alpha value is -3.09. The van der Waals surface area contributed by atoms with Crippen molar-refractivity contribution in [2.24, 2.45) is 0 Å². The van der Waals surface area contributed by atoms with E-state index < -0.39 is 4.92 Å². The van der Waals surface area contributed by atoms with Crippen molar-refractivity contribution in [3.05, 3.63) is 63.7 Å². The lowest BCUT2D eigenvalue weighted by atomic mass is 10.1. The summed E-state index contributed by atoms with van der Waals surface area (Å²) in [6.45, 7) is 0.387. The summed E-state index contributed by atoms with van der Waals surface area (Å²) >= 11 is 0. The average Bonchev–Trinajstić information content (AvgIpc) is 2.60. The van der Waals surface area contributed by atoms with Crippen molar-refractivity contribution in [1.82, 2.24) is 4.90 Å². The van der Waals surface area contributed by atoms with Crippen molar-refractivity contribution in [1.29, 1.82) is 0 Å². The van der Waals surface area contributed by atoms with E-state index in [0.29, 0.717) is 12.3 Å². The van der Waals surface area contributed by atoms with Crippen molar-refractivity contribution < 1.29 is 14.5 Å². The van der Waals surface area contributed by atoms with Crippen LogP contribution in [0, 0.1) is 10.1 Å². The maximum atomic E-state index is 12.7. The summed E-state index contributed by atoms with van der Waals surface area (Å²) in [7, 11) is 7.00. The summed E-state index contributed by atoms with van der Waals surface area (Å²) in [5.74, 6) is -0.0253. The number of nitrogens with zero attached hydrogens (tertiary/aromatic N) is 3. The standard InChI is InChI=1S/C18H21N3O4/c1-19(2)14-7-5-13(6-8-14)12-20(3)18(22)16-11-15(21(23)24)9-10-17(16)25-4/h5-11H,12H2,1-4H3. The summed E-state index contributed by atoms with van der Waals surface area (Å²) in [5, 5.41) is 11.0. The molecule has 0 unspecified atom stereocenters. The summed E-state index contributed by atoms with van der Waals surface area (Å²) in [4.78, 5) is 26.6. The van der Waals surface area contributed by atoms with Crippen LogP contribution in [0.25, 0.3) is 0 Å². The topological polar surface area (TPSA) is 75.9 Å². The average molecular weight is 343 g/mol. The molecule has 132 valence electrons. The van der Waals surface area contributed by atoms with E-state index >= 15 is 0 Å². The van der Waals surface area contributed by atoms with Gasteiger partial charge in [-0.15, -0.1) is 0 Å². The van der Waals surface area contributed by atoms with Crippen LogP contribution in [0.1, 0.15) is 15.9 Å². The zero-order valence-electron chi connectivity index (χ0n) is 14.7. The predicted octanol–water partition coefficient (Wildman–Crippen LogP) is 2.94. The minimum absolute atomic E-state index is 0.145. The quantitative estimate of drug-likeness (QED) is 0.595. The first-order valence-corrected chi connectivity index (χ1v) is 7.67. The van der Waals surface area contributed by atoms with E-state index in [4.69, 9.17) is 4.74 Å². The van der Waals surface area contributed by atoms with E-state index in [1.54, 1.807) is 7.05 Å². The molecule has 0 spiro atoms. The van der Waals surface area contributed by atoms with Gasteiger partial charge in [0, 0.05) is 45.5 Å². The second kappa shape index (κ2) is 7.65. The van der Waals surface area contributed by atoms with Crippen molar-refractivity contribution in [3.63, 3.8) is 0 Å². The van der Waals surface area contributed by atoms with Gasteiger partial charge in [-0.1, -0.05) is 12.1 Å². The number of hydrogen-bond donors (Lipinski definition) is 0. The molecule has 25 heavy (non-hydrogen) atoms. The molecule has 0 saturated heterocycles. The number of non-ortho nitro benzene ring substituents is 1. The van der Waals surface area contributed by atoms with Crippen LogP contribution >= 0.6 is 0 Å². The number of nitro groups is 1. The molecule has 0 aliphatic rings. The highest BCUT2D eigenvalue weighted by molar-refractivity contribution is 5.97. The van der Waals surface area contributed by atoms with E-state index in [1.807, 2.05) is 43.3 Å². The van der Waals surface area contributed by atoms with Crippen LogP contribution < -0.4 is 9.64 Å². The molecule has 0 N–H and O–H groups in total. The van der Waals surface area contributed by atoms with Crippen LogP contribution in [0.3, 0.4) is 0 Å². The van der Waals surface area contributed by atoms with Crippen LogP contribution in [0.2, 0.25) is 0 Å². The lowest BCUT2D eigenvalue weighted by molar-refractivity contribution is -0.384. The van der Waals surface area contributed by atoms with Gasteiger partial charge in [0.2, 0.25) is 0 Å². The molecule has 2 aromatic carbocycles. The van der Waals surface area contributed by atoms with Crippen LogP contribution in [0.4, 0.5) is 11.4 Å². The van der Waals surface area contributed by atoms with E-state index in [0.717, 1.165) is 11.3 Å². The minimum Gasteiger partial charge on any atom is -0.496 e. The number of benzene rings is 2. The molecule has 7 heteroatoms. The van der Waals surface area contributed by atoms with Crippen LogP contribution in [0.5, 0.6) is 5.75 Å². The molecule has 0 atom stereocenters. The number of carbonyl (C=O) groups is 1. The summed E-state index contributed by atoms with van der Waals surface area (Å²) in [5.41, 5.74) is 2.06. The molecule has 0 saturated carbocycles. The van der Waals surface area contributed by atoms with Crippen LogP contribution in [-0.4, -0.2) is 44.0 Å². The molecule has 0 aliphatic heterocycles. The molecule has 0 bridgehead atoms. The maximum Gasteiger partial charge on any atom is 0.270 e. The molecule has 0 fully saturated rings. The van der Waals surface area contributed by atoms with Crippen molar-refractivity contribution in [3.8, 4) is 5.75 Å². The number of amides is 1. The fourth-order valence-corrected chi connectivity index (χ4v) is 2.43. The first-order chi connectivity index (χ1) is 11.8. The number of carbonyl (C=O) groups excluding carboxylic acids is 1. The Balaban J connectivity index is 2.21. The second-order valence-electron chi connectivity index (χ2n) is 5.86. The third kappa shape index (κ3) is 4.26. The second-order valence-corrected chi connectivity index (χ2v) is 5.86. The molecular formula is C18H21N3O4. The van der Waals surface area contributed by atoms with Gasteiger partial charge in [-0.2, -0.15) is 0 Å². The Kier molecular flexibility index (Phi) is 5.59. The van der Waals surface area contributed by atoms with E-state index in [2.05, 4.69) is 0 Å². The molecule has 2 rings (SSSR count). The summed E-state index contributed by atoms with van der Waals surface area (Å²) in [6, 6.07) is 11.8. The number of rotatable bonds is 6. The summed E-state index contributed by atoms with van der Waals surface area (Å²) in [6.07, 6.45) is 0. The Morgan fingerprint density at radius 3 is 2.28 bits per heavy atom. The fourth-order valence-electron chi connectivity index (χ4n) is 2.43. The maximum absolute atomic E-state index is 12.7. The molecule has 0 aromatic heterocycles. The Morgan fingerprint density at radius 2 is 1.76 bits per heavy atom. The zero-order chi connectivity index (χ0) is 18.6. The van der Waals surface area contributed by atoms with Gasteiger partial charge in [-0.3, -0.25) is 14.9 Å².